The van der Waals surface area contributed by atoms with Gasteiger partial charge in [0.25, 0.3) is 0 Å². The molecule has 2 heterocycles. The number of fused-ring (bicyclic) bond motifs is 6. The molecule has 2 aromatic heterocycles. The maximum absolute atomic E-state index is 5.46. The molecule has 14 aromatic rings. The summed E-state index contributed by atoms with van der Waals surface area (Å²) in [5.41, 5.74) is 9.97. The molecule has 14 rings (SSSR count). The fourth-order valence-corrected chi connectivity index (χ4v) is 10.8. The first-order chi connectivity index (χ1) is 36.7. The molecule has 0 spiro atoms. The minimum absolute atomic E-state index is 0.562. The van der Waals surface area contributed by atoms with Gasteiger partial charge in [0.15, 0.2) is 34.9 Å². The van der Waals surface area contributed by atoms with E-state index in [9.17, 15) is 0 Å². The van der Waals surface area contributed by atoms with Crippen LogP contribution in [-0.2, 0) is 0 Å². The Balaban J connectivity index is 1.20. The van der Waals surface area contributed by atoms with Crippen LogP contribution in [0.25, 0.3) is 144 Å². The minimum atomic E-state index is 0.562. The molecule has 6 nitrogen and oxygen atoms in total. The van der Waals surface area contributed by atoms with Crippen molar-refractivity contribution in [3.8, 4) is 90.6 Å². The lowest BCUT2D eigenvalue weighted by Crippen LogP contribution is -2.04. The third-order valence-electron chi connectivity index (χ3n) is 14.1. The maximum Gasteiger partial charge on any atom is 0.165 e. The van der Waals surface area contributed by atoms with Gasteiger partial charge < -0.3 is 0 Å². The van der Waals surface area contributed by atoms with E-state index in [-0.39, 0.29) is 0 Å². The van der Waals surface area contributed by atoms with Crippen LogP contribution < -0.4 is 0 Å². The lowest BCUT2D eigenvalue weighted by molar-refractivity contribution is 1.08. The van der Waals surface area contributed by atoms with E-state index in [1.807, 2.05) is 72.8 Å². The van der Waals surface area contributed by atoms with Crippen molar-refractivity contribution >= 4 is 53.9 Å². The van der Waals surface area contributed by atoms with Gasteiger partial charge in [0.1, 0.15) is 0 Å². The van der Waals surface area contributed by atoms with Crippen LogP contribution in [0.1, 0.15) is 0 Å². The number of hydrogen-bond donors (Lipinski definition) is 0. The van der Waals surface area contributed by atoms with Gasteiger partial charge in [0.2, 0.25) is 0 Å². The topological polar surface area (TPSA) is 77.3 Å². The van der Waals surface area contributed by atoms with Gasteiger partial charge in [-0.1, -0.05) is 243 Å². The molecule has 0 fully saturated rings. The molecule has 0 aliphatic heterocycles. The van der Waals surface area contributed by atoms with Crippen LogP contribution in [-0.4, -0.2) is 29.9 Å². The smallest absolute Gasteiger partial charge is 0.165 e. The summed E-state index contributed by atoms with van der Waals surface area (Å²) in [7, 11) is 0. The van der Waals surface area contributed by atoms with Crippen molar-refractivity contribution in [3.05, 3.63) is 255 Å². The predicted molar refractivity (Wildman–Crippen MR) is 304 cm³/mol. The van der Waals surface area contributed by atoms with Gasteiger partial charge in [0.05, 0.1) is 0 Å². The standard InChI is InChI=1S/C68H42N6/c1-6-24-44(25-7-1)59-56-42-58-57(41-55(56)50-36-18-19-37-52(50)60(59)51-40-22-34-43-23-16-17-35-49(43)51)61(67-71-63(45-26-8-2-9-27-45)69-64(72-67)46-28-10-3-11-29-46)53-38-20-21-39-54(53)62(58)68-73-65(47-30-12-4-13-31-47)70-66(74-68)48-32-14-5-15-33-48/h1-42H. The summed E-state index contributed by atoms with van der Waals surface area (Å²) in [6, 6.07) is 89.1. The number of rotatable bonds is 8. The lowest BCUT2D eigenvalue weighted by atomic mass is 9.81. The van der Waals surface area contributed by atoms with Crippen molar-refractivity contribution in [2.75, 3.05) is 0 Å². The summed E-state index contributed by atoms with van der Waals surface area (Å²) in [5, 5.41) is 10.7. The van der Waals surface area contributed by atoms with Crippen LogP contribution in [0.5, 0.6) is 0 Å². The van der Waals surface area contributed by atoms with Gasteiger partial charge in [-0.15, -0.1) is 0 Å². The zero-order chi connectivity index (χ0) is 49.0. The van der Waals surface area contributed by atoms with Gasteiger partial charge in [-0.05, 0) is 88.2 Å². The van der Waals surface area contributed by atoms with Crippen LogP contribution in [0.4, 0.5) is 0 Å². The summed E-state index contributed by atoms with van der Waals surface area (Å²) >= 11 is 0. The van der Waals surface area contributed by atoms with Crippen molar-refractivity contribution < 1.29 is 0 Å². The van der Waals surface area contributed by atoms with Crippen LogP contribution in [0.3, 0.4) is 0 Å². The molecule has 0 aliphatic carbocycles. The molecule has 0 N–H and O–H groups in total. The number of hydrogen-bond acceptors (Lipinski definition) is 6. The molecular weight excluding hydrogens is 901 g/mol. The van der Waals surface area contributed by atoms with Gasteiger partial charge in [-0.2, -0.15) is 0 Å². The summed E-state index contributed by atoms with van der Waals surface area (Å²) in [5.74, 6) is 3.48. The molecule has 0 radical (unpaired) electrons. The molecule has 0 atom stereocenters. The molecule has 344 valence electrons. The number of aromatic nitrogens is 6. The van der Waals surface area contributed by atoms with E-state index in [2.05, 4.69) is 182 Å². The Hall–Kier alpha value is -10.0. The molecule has 0 unspecified atom stereocenters. The summed E-state index contributed by atoms with van der Waals surface area (Å²) in [6.07, 6.45) is 0. The van der Waals surface area contributed by atoms with E-state index in [0.29, 0.717) is 34.9 Å². The van der Waals surface area contributed by atoms with Gasteiger partial charge >= 0.3 is 0 Å². The molecule has 0 amide bonds. The molecule has 0 saturated carbocycles. The molecule has 0 saturated heterocycles. The van der Waals surface area contributed by atoms with Gasteiger partial charge in [0, 0.05) is 33.4 Å². The van der Waals surface area contributed by atoms with E-state index < -0.39 is 0 Å². The molecule has 12 aromatic carbocycles. The Labute approximate surface area is 427 Å². The van der Waals surface area contributed by atoms with Crippen molar-refractivity contribution in [3.63, 3.8) is 0 Å². The zero-order valence-electron chi connectivity index (χ0n) is 39.9. The largest absolute Gasteiger partial charge is 0.208 e. The Bertz CT molecular complexity index is 4330. The second-order valence-electron chi connectivity index (χ2n) is 18.5. The number of benzene rings is 12. The van der Waals surface area contributed by atoms with Crippen LogP contribution >= 0.6 is 0 Å². The van der Waals surface area contributed by atoms with Crippen LogP contribution in [0, 0.1) is 0 Å². The fraction of sp³-hybridized carbons (Fsp3) is 0. The van der Waals surface area contributed by atoms with E-state index >= 15 is 0 Å². The second-order valence-corrected chi connectivity index (χ2v) is 18.5. The Morgan fingerprint density at radius 3 is 0.932 bits per heavy atom. The number of nitrogens with zero attached hydrogens (tertiary/aromatic N) is 6. The predicted octanol–water partition coefficient (Wildman–Crippen LogP) is 17.2. The van der Waals surface area contributed by atoms with Crippen molar-refractivity contribution in [1.29, 1.82) is 0 Å². The minimum Gasteiger partial charge on any atom is -0.208 e. The maximum atomic E-state index is 5.46. The normalized spacial score (nSPS) is 11.5. The zero-order valence-corrected chi connectivity index (χ0v) is 39.9. The second kappa shape index (κ2) is 18.0. The van der Waals surface area contributed by atoms with Crippen molar-refractivity contribution in [1.82, 2.24) is 29.9 Å². The highest BCUT2D eigenvalue weighted by Crippen LogP contribution is 2.50. The third kappa shape index (κ3) is 7.35. The Morgan fingerprint density at radius 2 is 0.486 bits per heavy atom. The van der Waals surface area contributed by atoms with Gasteiger partial charge in [-0.25, -0.2) is 29.9 Å². The highest BCUT2D eigenvalue weighted by molar-refractivity contribution is 6.29. The van der Waals surface area contributed by atoms with Crippen LogP contribution in [0.2, 0.25) is 0 Å². The third-order valence-corrected chi connectivity index (χ3v) is 14.1. The lowest BCUT2D eigenvalue weighted by Gasteiger charge is -2.22. The van der Waals surface area contributed by atoms with Crippen molar-refractivity contribution in [2.24, 2.45) is 0 Å². The van der Waals surface area contributed by atoms with E-state index in [1.54, 1.807) is 0 Å². The molecule has 6 heteroatoms. The quantitative estimate of drug-likeness (QED) is 0.112. The SMILES string of the molecule is c1ccc(-c2nc(-c3ccccc3)nc(-c3c4ccccc4c(-c4nc(-c5ccccc5)nc(-c5ccccc5)n4)c4cc5c(cc34)c(-c3ccccc3)c(-c3cccc4ccccc34)c3ccccc35)n2)cc1. The van der Waals surface area contributed by atoms with E-state index in [1.165, 1.54) is 21.9 Å². The first-order valence-corrected chi connectivity index (χ1v) is 24.9. The van der Waals surface area contributed by atoms with E-state index in [0.717, 1.165) is 87.6 Å². The highest BCUT2D eigenvalue weighted by atomic mass is 15.0. The molecule has 0 aliphatic rings. The molecular formula is C68H42N6. The van der Waals surface area contributed by atoms with Crippen LogP contribution in [0.15, 0.2) is 255 Å². The fourth-order valence-electron chi connectivity index (χ4n) is 10.8. The Morgan fingerprint density at radius 1 is 0.176 bits per heavy atom. The molecule has 0 bridgehead atoms. The first kappa shape index (κ1) is 42.8. The summed E-state index contributed by atoms with van der Waals surface area (Å²) in [4.78, 5) is 32.1. The van der Waals surface area contributed by atoms with Crippen molar-refractivity contribution in [2.45, 2.75) is 0 Å². The highest BCUT2D eigenvalue weighted by Gasteiger charge is 2.26. The monoisotopic (exact) mass is 942 g/mol. The average Bonchev–Trinajstić information content (AvgIpc) is 3.49. The molecule has 74 heavy (non-hydrogen) atoms. The van der Waals surface area contributed by atoms with E-state index in [4.69, 9.17) is 29.9 Å². The average molecular weight is 943 g/mol. The Kier molecular flexibility index (Phi) is 10.4. The summed E-state index contributed by atoms with van der Waals surface area (Å²) in [6.45, 7) is 0. The summed E-state index contributed by atoms with van der Waals surface area (Å²) < 4.78 is 0. The first-order valence-electron chi connectivity index (χ1n) is 24.9. The van der Waals surface area contributed by atoms with Gasteiger partial charge in [-0.3, -0.25) is 0 Å².